The Morgan fingerprint density at radius 2 is 2.20 bits per heavy atom. The highest BCUT2D eigenvalue weighted by atomic mass is 16.4. The van der Waals surface area contributed by atoms with E-state index in [-0.39, 0.29) is 6.42 Å². The summed E-state index contributed by atoms with van der Waals surface area (Å²) in [6.45, 7) is 0. The fraction of sp³-hybridized carbons (Fsp3) is 0.417. The zero-order chi connectivity index (χ0) is 10.9. The van der Waals surface area contributed by atoms with Crippen LogP contribution >= 0.6 is 0 Å². The van der Waals surface area contributed by atoms with Gasteiger partial charge in [0.05, 0.1) is 12.0 Å². The van der Waals surface area contributed by atoms with E-state index in [0.717, 1.165) is 24.8 Å². The molecule has 80 valence electrons. The van der Waals surface area contributed by atoms with Crippen molar-refractivity contribution in [2.45, 2.75) is 31.2 Å². The fourth-order valence-corrected chi connectivity index (χ4v) is 2.41. The van der Waals surface area contributed by atoms with Crippen LogP contribution in [0.25, 0.3) is 0 Å². The number of hydrogen-bond acceptors (Lipinski definition) is 2. The summed E-state index contributed by atoms with van der Waals surface area (Å²) in [6.07, 6.45) is 2.76. The third-order valence-electron chi connectivity index (χ3n) is 3.09. The molecule has 0 amide bonds. The Balaban J connectivity index is 2.40. The Kier molecular flexibility index (Phi) is 2.49. The molecule has 1 unspecified atom stereocenters. The number of carboxylic acids is 1. The van der Waals surface area contributed by atoms with E-state index >= 15 is 0 Å². The van der Waals surface area contributed by atoms with E-state index in [9.17, 15) is 4.79 Å². The molecule has 0 bridgehead atoms. The molecule has 0 heterocycles. The van der Waals surface area contributed by atoms with Crippen molar-refractivity contribution in [2.24, 2.45) is 5.73 Å². The topological polar surface area (TPSA) is 63.3 Å². The zero-order valence-electron chi connectivity index (χ0n) is 8.57. The van der Waals surface area contributed by atoms with Crippen molar-refractivity contribution in [2.75, 3.05) is 0 Å². The van der Waals surface area contributed by atoms with E-state index in [4.69, 9.17) is 10.8 Å². The van der Waals surface area contributed by atoms with Gasteiger partial charge in [-0.3, -0.25) is 4.79 Å². The van der Waals surface area contributed by atoms with Crippen LogP contribution in [0.4, 0.5) is 0 Å². The lowest BCUT2D eigenvalue weighted by atomic mass is 9.75. The van der Waals surface area contributed by atoms with Gasteiger partial charge in [0.1, 0.15) is 0 Å². The highest BCUT2D eigenvalue weighted by molar-refractivity contribution is 5.69. The molecular weight excluding hydrogens is 190 g/mol. The molecule has 15 heavy (non-hydrogen) atoms. The summed E-state index contributed by atoms with van der Waals surface area (Å²) in [4.78, 5) is 10.8. The molecule has 0 radical (unpaired) electrons. The standard InChI is InChI=1S/C12H15NO2/c13-12(8-11(14)15)7-3-5-9-4-1-2-6-10(9)12/h1-2,4,6H,3,5,7-8,13H2,(H,14,15). The van der Waals surface area contributed by atoms with E-state index < -0.39 is 11.5 Å². The molecule has 0 aliphatic heterocycles. The second-order valence-corrected chi connectivity index (χ2v) is 4.24. The number of rotatable bonds is 2. The highest BCUT2D eigenvalue weighted by Gasteiger charge is 2.34. The summed E-state index contributed by atoms with van der Waals surface area (Å²) in [5.74, 6) is -0.825. The summed E-state index contributed by atoms with van der Waals surface area (Å²) in [5, 5.41) is 8.88. The largest absolute Gasteiger partial charge is 0.481 e. The maximum Gasteiger partial charge on any atom is 0.305 e. The highest BCUT2D eigenvalue weighted by Crippen LogP contribution is 2.35. The first kappa shape index (κ1) is 10.2. The SMILES string of the molecule is NC1(CC(=O)O)CCCc2ccccc21. The molecule has 1 aromatic rings. The van der Waals surface area contributed by atoms with E-state index in [1.807, 2.05) is 24.3 Å². The van der Waals surface area contributed by atoms with Crippen molar-refractivity contribution in [1.29, 1.82) is 0 Å². The van der Waals surface area contributed by atoms with Crippen molar-refractivity contribution < 1.29 is 9.90 Å². The Hall–Kier alpha value is -1.35. The van der Waals surface area contributed by atoms with Gasteiger partial charge in [0, 0.05) is 0 Å². The summed E-state index contributed by atoms with van der Waals surface area (Å²) in [6, 6.07) is 7.90. The molecule has 2 rings (SSSR count). The monoisotopic (exact) mass is 205 g/mol. The molecule has 1 atom stereocenters. The average molecular weight is 205 g/mol. The minimum absolute atomic E-state index is 0.0179. The van der Waals surface area contributed by atoms with Crippen molar-refractivity contribution in [1.82, 2.24) is 0 Å². The molecule has 1 aliphatic rings. The number of hydrogen-bond donors (Lipinski definition) is 2. The van der Waals surface area contributed by atoms with Crippen molar-refractivity contribution in [3.05, 3.63) is 35.4 Å². The Bertz CT molecular complexity index is 389. The van der Waals surface area contributed by atoms with E-state index in [0.29, 0.717) is 0 Å². The van der Waals surface area contributed by atoms with Gasteiger partial charge in [0.15, 0.2) is 0 Å². The van der Waals surface area contributed by atoms with Gasteiger partial charge < -0.3 is 10.8 Å². The summed E-state index contributed by atoms with van der Waals surface area (Å²) < 4.78 is 0. The maximum atomic E-state index is 10.8. The third-order valence-corrected chi connectivity index (χ3v) is 3.09. The first-order valence-corrected chi connectivity index (χ1v) is 5.21. The number of benzene rings is 1. The smallest absolute Gasteiger partial charge is 0.305 e. The van der Waals surface area contributed by atoms with Crippen LogP contribution in [0.1, 0.15) is 30.4 Å². The van der Waals surface area contributed by atoms with Gasteiger partial charge in [-0.05, 0) is 30.4 Å². The van der Waals surface area contributed by atoms with Gasteiger partial charge in [-0.1, -0.05) is 24.3 Å². The number of aliphatic carboxylic acids is 1. The molecule has 0 spiro atoms. The number of carboxylic acid groups (broad SMARTS) is 1. The van der Waals surface area contributed by atoms with Crippen LogP contribution in [0.2, 0.25) is 0 Å². The van der Waals surface area contributed by atoms with Crippen LogP contribution < -0.4 is 5.73 Å². The fourth-order valence-electron chi connectivity index (χ4n) is 2.41. The predicted octanol–water partition coefficient (Wildman–Crippen LogP) is 1.65. The number of aryl methyl sites for hydroxylation is 1. The first-order valence-electron chi connectivity index (χ1n) is 5.21. The van der Waals surface area contributed by atoms with Crippen molar-refractivity contribution in [3.8, 4) is 0 Å². The molecule has 1 aromatic carbocycles. The Morgan fingerprint density at radius 3 is 2.93 bits per heavy atom. The minimum atomic E-state index is -0.825. The van der Waals surface area contributed by atoms with Gasteiger partial charge in [0.25, 0.3) is 0 Å². The molecular formula is C12H15NO2. The van der Waals surface area contributed by atoms with E-state index in [2.05, 4.69) is 0 Å². The normalized spacial score (nSPS) is 24.6. The molecule has 3 nitrogen and oxygen atoms in total. The molecule has 1 aliphatic carbocycles. The molecule has 0 saturated heterocycles. The quantitative estimate of drug-likeness (QED) is 0.771. The average Bonchev–Trinajstić information content (AvgIpc) is 2.17. The maximum absolute atomic E-state index is 10.8. The number of fused-ring (bicyclic) bond motifs is 1. The zero-order valence-corrected chi connectivity index (χ0v) is 8.57. The van der Waals surface area contributed by atoms with Crippen LogP contribution in [-0.4, -0.2) is 11.1 Å². The van der Waals surface area contributed by atoms with Crippen LogP contribution in [-0.2, 0) is 16.8 Å². The lowest BCUT2D eigenvalue weighted by molar-refractivity contribution is -0.138. The van der Waals surface area contributed by atoms with Crippen LogP contribution in [0, 0.1) is 0 Å². The Morgan fingerprint density at radius 1 is 1.47 bits per heavy atom. The third kappa shape index (κ3) is 1.88. The van der Waals surface area contributed by atoms with E-state index in [1.54, 1.807) is 0 Å². The molecule has 0 fully saturated rings. The summed E-state index contributed by atoms with van der Waals surface area (Å²) in [5.41, 5.74) is 7.74. The van der Waals surface area contributed by atoms with Crippen LogP contribution in [0.5, 0.6) is 0 Å². The summed E-state index contributed by atoms with van der Waals surface area (Å²) in [7, 11) is 0. The number of nitrogens with two attached hydrogens (primary N) is 1. The second kappa shape index (κ2) is 3.66. The second-order valence-electron chi connectivity index (χ2n) is 4.24. The van der Waals surface area contributed by atoms with Crippen LogP contribution in [0.15, 0.2) is 24.3 Å². The first-order chi connectivity index (χ1) is 7.12. The predicted molar refractivity (Wildman–Crippen MR) is 57.5 cm³/mol. The number of carbonyl (C=O) groups is 1. The molecule has 0 saturated carbocycles. The van der Waals surface area contributed by atoms with Crippen LogP contribution in [0.3, 0.4) is 0 Å². The minimum Gasteiger partial charge on any atom is -0.481 e. The van der Waals surface area contributed by atoms with Gasteiger partial charge in [-0.25, -0.2) is 0 Å². The van der Waals surface area contributed by atoms with E-state index in [1.165, 1.54) is 5.56 Å². The van der Waals surface area contributed by atoms with Gasteiger partial charge in [0.2, 0.25) is 0 Å². The lowest BCUT2D eigenvalue weighted by Crippen LogP contribution is -2.41. The molecule has 3 heteroatoms. The molecule has 0 aromatic heterocycles. The van der Waals surface area contributed by atoms with Crippen molar-refractivity contribution >= 4 is 5.97 Å². The van der Waals surface area contributed by atoms with Gasteiger partial charge in [-0.15, -0.1) is 0 Å². The van der Waals surface area contributed by atoms with Gasteiger partial charge in [-0.2, -0.15) is 0 Å². The van der Waals surface area contributed by atoms with Gasteiger partial charge >= 0.3 is 5.97 Å². The Labute approximate surface area is 88.9 Å². The van der Waals surface area contributed by atoms with Crippen molar-refractivity contribution in [3.63, 3.8) is 0 Å². The lowest BCUT2D eigenvalue weighted by Gasteiger charge is -2.34. The summed E-state index contributed by atoms with van der Waals surface area (Å²) >= 11 is 0. The molecule has 3 N–H and O–H groups in total.